The number of aryl methyl sites for hydroxylation is 1. The van der Waals surface area contributed by atoms with E-state index < -0.39 is 0 Å². The zero-order valence-electron chi connectivity index (χ0n) is 11.8. The van der Waals surface area contributed by atoms with E-state index in [9.17, 15) is 5.11 Å². The predicted molar refractivity (Wildman–Crippen MR) is 81.0 cm³/mol. The number of rotatable bonds is 4. The topological polar surface area (TPSA) is 55.2 Å². The molecule has 106 valence electrons. The molecule has 0 fully saturated rings. The van der Waals surface area contributed by atoms with Crippen LogP contribution in [0.3, 0.4) is 0 Å². The third-order valence-electron chi connectivity index (χ3n) is 3.35. The molecule has 4 nitrogen and oxygen atoms in total. The lowest BCUT2D eigenvalue weighted by Gasteiger charge is -2.11. The first-order chi connectivity index (χ1) is 10.3. The predicted octanol–water partition coefficient (Wildman–Crippen LogP) is 3.01. The fourth-order valence-electron chi connectivity index (χ4n) is 2.18. The van der Waals surface area contributed by atoms with Gasteiger partial charge in [-0.05, 0) is 25.1 Å². The first-order valence-electron chi connectivity index (χ1n) is 6.82. The molecule has 1 aromatic heterocycles. The number of ether oxygens (including phenoxy) is 1. The number of fused-ring (bicyclic) bond motifs is 1. The summed E-state index contributed by atoms with van der Waals surface area (Å²) in [6.07, 6.45) is 0. The van der Waals surface area contributed by atoms with Crippen molar-refractivity contribution < 1.29 is 9.84 Å². The molecular weight excluding hydrogens is 264 g/mol. The molecule has 0 radical (unpaired) electrons. The van der Waals surface area contributed by atoms with Gasteiger partial charge in [0.15, 0.2) is 0 Å². The van der Waals surface area contributed by atoms with Crippen LogP contribution in [-0.4, -0.2) is 15.1 Å². The largest absolute Gasteiger partial charge is 0.487 e. The molecule has 3 rings (SSSR count). The number of aliphatic hydroxyl groups excluding tert-OH is 1. The summed E-state index contributed by atoms with van der Waals surface area (Å²) in [5, 5.41) is 9.30. The van der Waals surface area contributed by atoms with Crippen LogP contribution in [-0.2, 0) is 13.2 Å². The van der Waals surface area contributed by atoms with Crippen molar-refractivity contribution in [3.8, 4) is 5.75 Å². The van der Waals surface area contributed by atoms with Gasteiger partial charge >= 0.3 is 0 Å². The van der Waals surface area contributed by atoms with E-state index in [0.717, 1.165) is 28.0 Å². The van der Waals surface area contributed by atoms with E-state index in [0.29, 0.717) is 12.4 Å². The van der Waals surface area contributed by atoms with Gasteiger partial charge in [-0.3, -0.25) is 0 Å². The molecule has 0 aliphatic heterocycles. The van der Waals surface area contributed by atoms with Gasteiger partial charge in [0.1, 0.15) is 12.4 Å². The van der Waals surface area contributed by atoms with E-state index in [-0.39, 0.29) is 6.61 Å². The third-order valence-corrected chi connectivity index (χ3v) is 3.35. The van der Waals surface area contributed by atoms with E-state index in [1.807, 2.05) is 55.5 Å². The van der Waals surface area contributed by atoms with E-state index in [1.165, 1.54) is 0 Å². The molecule has 0 unspecified atom stereocenters. The second-order valence-electron chi connectivity index (χ2n) is 4.80. The summed E-state index contributed by atoms with van der Waals surface area (Å²) < 4.78 is 5.78. The van der Waals surface area contributed by atoms with Crippen molar-refractivity contribution in [2.45, 2.75) is 20.1 Å². The highest BCUT2D eigenvalue weighted by Gasteiger charge is 2.07. The summed E-state index contributed by atoms with van der Waals surface area (Å²) >= 11 is 0. The number of benzene rings is 2. The number of hydrogen-bond donors (Lipinski definition) is 1. The standard InChI is InChI=1S/C17H16N2O2/c1-12-16(19-15-8-4-3-7-14(15)18-12)11-21-17-9-5-2-6-13(17)10-20/h2-9,20H,10-11H2,1H3. The molecule has 2 aromatic carbocycles. The van der Waals surface area contributed by atoms with Crippen molar-refractivity contribution in [3.63, 3.8) is 0 Å². The van der Waals surface area contributed by atoms with Crippen molar-refractivity contribution >= 4 is 11.0 Å². The second kappa shape index (κ2) is 5.89. The van der Waals surface area contributed by atoms with E-state index >= 15 is 0 Å². The van der Waals surface area contributed by atoms with Gasteiger partial charge in [0.25, 0.3) is 0 Å². The van der Waals surface area contributed by atoms with Gasteiger partial charge < -0.3 is 9.84 Å². The summed E-state index contributed by atoms with van der Waals surface area (Å²) in [6, 6.07) is 15.2. The lowest BCUT2D eigenvalue weighted by atomic mass is 10.2. The molecule has 3 aromatic rings. The monoisotopic (exact) mass is 280 g/mol. The van der Waals surface area contributed by atoms with E-state index in [1.54, 1.807) is 0 Å². The number of nitrogens with zero attached hydrogens (tertiary/aromatic N) is 2. The second-order valence-corrected chi connectivity index (χ2v) is 4.80. The zero-order valence-corrected chi connectivity index (χ0v) is 11.8. The van der Waals surface area contributed by atoms with Crippen LogP contribution in [0.15, 0.2) is 48.5 Å². The quantitative estimate of drug-likeness (QED) is 0.798. The Bertz CT molecular complexity index is 772. The van der Waals surface area contributed by atoms with Gasteiger partial charge in [0, 0.05) is 5.56 Å². The zero-order chi connectivity index (χ0) is 14.7. The molecule has 0 atom stereocenters. The van der Waals surface area contributed by atoms with E-state index in [4.69, 9.17) is 4.74 Å². The van der Waals surface area contributed by atoms with Crippen LogP contribution in [0.4, 0.5) is 0 Å². The fourth-order valence-corrected chi connectivity index (χ4v) is 2.18. The highest BCUT2D eigenvalue weighted by Crippen LogP contribution is 2.20. The normalized spacial score (nSPS) is 10.8. The molecule has 0 aliphatic rings. The Labute approximate surface area is 123 Å². The van der Waals surface area contributed by atoms with Gasteiger partial charge in [-0.15, -0.1) is 0 Å². The van der Waals surface area contributed by atoms with Crippen LogP contribution in [0.25, 0.3) is 11.0 Å². The molecule has 21 heavy (non-hydrogen) atoms. The molecule has 0 amide bonds. The fraction of sp³-hybridized carbons (Fsp3) is 0.176. The van der Waals surface area contributed by atoms with Crippen LogP contribution in [0.5, 0.6) is 5.75 Å². The Morgan fingerprint density at radius 3 is 2.38 bits per heavy atom. The minimum atomic E-state index is -0.0431. The third kappa shape index (κ3) is 2.85. The Balaban J connectivity index is 1.86. The van der Waals surface area contributed by atoms with Gasteiger partial charge in [-0.2, -0.15) is 0 Å². The number of aromatic nitrogens is 2. The van der Waals surface area contributed by atoms with E-state index in [2.05, 4.69) is 9.97 Å². The van der Waals surface area contributed by atoms with Crippen LogP contribution in [0.1, 0.15) is 17.0 Å². The smallest absolute Gasteiger partial charge is 0.132 e. The first-order valence-corrected chi connectivity index (χ1v) is 6.82. The van der Waals surface area contributed by atoms with Crippen LogP contribution < -0.4 is 4.74 Å². The minimum absolute atomic E-state index is 0.0431. The Kier molecular flexibility index (Phi) is 3.79. The first kappa shape index (κ1) is 13.5. The van der Waals surface area contributed by atoms with Gasteiger partial charge in [-0.25, -0.2) is 9.97 Å². The molecule has 1 N–H and O–H groups in total. The van der Waals surface area contributed by atoms with Gasteiger partial charge in [-0.1, -0.05) is 30.3 Å². The van der Waals surface area contributed by atoms with Gasteiger partial charge in [0.2, 0.25) is 0 Å². The van der Waals surface area contributed by atoms with Crippen molar-refractivity contribution in [1.29, 1.82) is 0 Å². The molecule has 4 heteroatoms. The molecule has 0 aliphatic carbocycles. The number of hydrogen-bond acceptors (Lipinski definition) is 4. The average Bonchev–Trinajstić information content (AvgIpc) is 2.53. The maximum Gasteiger partial charge on any atom is 0.132 e. The maximum absolute atomic E-state index is 9.30. The van der Waals surface area contributed by atoms with Crippen molar-refractivity contribution in [2.75, 3.05) is 0 Å². The summed E-state index contributed by atoms with van der Waals surface area (Å²) in [4.78, 5) is 9.13. The summed E-state index contributed by atoms with van der Waals surface area (Å²) in [5.41, 5.74) is 4.17. The van der Waals surface area contributed by atoms with Crippen molar-refractivity contribution in [1.82, 2.24) is 9.97 Å². The molecule has 0 bridgehead atoms. The number of para-hydroxylation sites is 3. The summed E-state index contributed by atoms with van der Waals surface area (Å²) in [5.74, 6) is 0.675. The van der Waals surface area contributed by atoms with Crippen molar-refractivity contribution in [2.24, 2.45) is 0 Å². The molecule has 0 saturated heterocycles. The highest BCUT2D eigenvalue weighted by atomic mass is 16.5. The SMILES string of the molecule is Cc1nc2ccccc2nc1COc1ccccc1CO. The Morgan fingerprint density at radius 1 is 0.952 bits per heavy atom. The Hall–Kier alpha value is -2.46. The Morgan fingerprint density at radius 2 is 1.62 bits per heavy atom. The number of aliphatic hydroxyl groups is 1. The maximum atomic E-state index is 9.30. The average molecular weight is 280 g/mol. The van der Waals surface area contributed by atoms with Crippen LogP contribution in [0.2, 0.25) is 0 Å². The lowest BCUT2D eigenvalue weighted by molar-refractivity contribution is 0.257. The summed E-state index contributed by atoms with van der Waals surface area (Å²) in [6.45, 7) is 2.22. The van der Waals surface area contributed by atoms with Crippen LogP contribution in [0, 0.1) is 6.92 Å². The van der Waals surface area contributed by atoms with Crippen LogP contribution >= 0.6 is 0 Å². The minimum Gasteiger partial charge on any atom is -0.487 e. The molecule has 0 spiro atoms. The molecule has 1 heterocycles. The lowest BCUT2D eigenvalue weighted by Crippen LogP contribution is -2.04. The molecular formula is C17H16N2O2. The van der Waals surface area contributed by atoms with Crippen molar-refractivity contribution in [3.05, 3.63) is 65.5 Å². The highest BCUT2D eigenvalue weighted by molar-refractivity contribution is 5.74. The summed E-state index contributed by atoms with van der Waals surface area (Å²) in [7, 11) is 0. The molecule has 0 saturated carbocycles. The van der Waals surface area contributed by atoms with Gasteiger partial charge in [0.05, 0.1) is 29.0 Å².